The Labute approximate surface area is 112 Å². The van der Waals surface area contributed by atoms with E-state index in [4.69, 9.17) is 23.2 Å². The number of carbonyl (C=O) groups is 1. The average molecular weight is 287 g/mol. The van der Waals surface area contributed by atoms with Gasteiger partial charge < -0.3 is 0 Å². The highest BCUT2D eigenvalue weighted by Gasteiger charge is 2.15. The Bertz CT molecular complexity index is 626. The number of ketones is 1. The molecule has 2 aromatic carbocycles. The zero-order valence-electron chi connectivity index (χ0n) is 8.88. The van der Waals surface area contributed by atoms with Gasteiger partial charge in [0.25, 0.3) is 0 Å². The minimum absolute atomic E-state index is 0.114. The molecule has 5 heteroatoms. The minimum atomic E-state index is -0.729. The van der Waals surface area contributed by atoms with Crippen LogP contribution in [0.25, 0.3) is 0 Å². The van der Waals surface area contributed by atoms with Crippen molar-refractivity contribution < 1.29 is 13.6 Å². The fourth-order valence-electron chi connectivity index (χ4n) is 1.47. The molecule has 0 saturated heterocycles. The second-order valence-corrected chi connectivity index (χ2v) is 4.43. The smallest absolute Gasteiger partial charge is 0.196 e. The lowest BCUT2D eigenvalue weighted by Gasteiger charge is -2.04. The Morgan fingerprint density at radius 2 is 1.67 bits per heavy atom. The minimum Gasteiger partial charge on any atom is -0.288 e. The third-order valence-corrected chi connectivity index (χ3v) is 2.88. The predicted molar refractivity (Wildman–Crippen MR) is 66.3 cm³/mol. The Morgan fingerprint density at radius 1 is 0.944 bits per heavy atom. The Hall–Kier alpha value is -1.45. The van der Waals surface area contributed by atoms with Crippen molar-refractivity contribution in [2.75, 3.05) is 0 Å². The first-order valence-electron chi connectivity index (χ1n) is 4.94. The molecule has 0 unspecified atom stereocenters. The summed E-state index contributed by atoms with van der Waals surface area (Å²) in [7, 11) is 0. The Kier molecular flexibility index (Phi) is 3.64. The fourth-order valence-corrected chi connectivity index (χ4v) is 1.81. The third kappa shape index (κ3) is 2.52. The highest BCUT2D eigenvalue weighted by atomic mass is 35.5. The number of halogens is 4. The fraction of sp³-hybridized carbons (Fsp3) is 0. The van der Waals surface area contributed by atoms with Gasteiger partial charge in [0.1, 0.15) is 11.6 Å². The summed E-state index contributed by atoms with van der Waals surface area (Å²) in [6.45, 7) is 0. The average Bonchev–Trinajstić information content (AvgIpc) is 2.32. The first-order chi connectivity index (χ1) is 8.49. The number of hydrogen-bond acceptors (Lipinski definition) is 1. The van der Waals surface area contributed by atoms with E-state index in [1.165, 1.54) is 18.2 Å². The van der Waals surface area contributed by atoms with Crippen LogP contribution >= 0.6 is 23.2 Å². The molecule has 0 aromatic heterocycles. The second kappa shape index (κ2) is 5.04. The number of rotatable bonds is 2. The molecule has 0 N–H and O–H groups in total. The van der Waals surface area contributed by atoms with Gasteiger partial charge in [-0.25, -0.2) is 8.78 Å². The van der Waals surface area contributed by atoms with Crippen molar-refractivity contribution in [3.63, 3.8) is 0 Å². The largest absolute Gasteiger partial charge is 0.288 e. The lowest BCUT2D eigenvalue weighted by Crippen LogP contribution is -2.04. The molecule has 92 valence electrons. The number of benzene rings is 2. The first-order valence-corrected chi connectivity index (χ1v) is 5.69. The zero-order valence-corrected chi connectivity index (χ0v) is 10.4. The molecule has 0 aliphatic carbocycles. The van der Waals surface area contributed by atoms with Gasteiger partial charge in [0.05, 0.1) is 10.6 Å². The summed E-state index contributed by atoms with van der Waals surface area (Å²) in [5.41, 5.74) is -0.0234. The van der Waals surface area contributed by atoms with Crippen molar-refractivity contribution >= 4 is 29.0 Å². The first kappa shape index (κ1) is 13.0. The standard InChI is InChI=1S/C13H6Cl2F2O/c14-8-2-3-9(12(17)6-8)13(18)7-1-4-11(16)10(15)5-7/h1-6H. The second-order valence-electron chi connectivity index (χ2n) is 3.58. The van der Waals surface area contributed by atoms with Crippen LogP contribution < -0.4 is 0 Å². The monoisotopic (exact) mass is 286 g/mol. The summed E-state index contributed by atoms with van der Waals surface area (Å²) in [6, 6.07) is 7.19. The van der Waals surface area contributed by atoms with E-state index in [-0.39, 0.29) is 21.2 Å². The summed E-state index contributed by atoms with van der Waals surface area (Å²) < 4.78 is 26.5. The van der Waals surface area contributed by atoms with Crippen LogP contribution in [0.2, 0.25) is 10.0 Å². The predicted octanol–water partition coefficient (Wildman–Crippen LogP) is 4.50. The number of hydrogen-bond donors (Lipinski definition) is 0. The van der Waals surface area contributed by atoms with Gasteiger partial charge in [-0.05, 0) is 36.4 Å². The molecule has 2 aromatic rings. The summed E-state index contributed by atoms with van der Waals surface area (Å²) in [4.78, 5) is 12.0. The van der Waals surface area contributed by atoms with Gasteiger partial charge in [-0.3, -0.25) is 4.79 Å². The maximum Gasteiger partial charge on any atom is 0.196 e. The molecular weight excluding hydrogens is 281 g/mol. The van der Waals surface area contributed by atoms with Crippen LogP contribution in [0, 0.1) is 11.6 Å². The van der Waals surface area contributed by atoms with Gasteiger partial charge >= 0.3 is 0 Å². The van der Waals surface area contributed by atoms with E-state index in [0.717, 1.165) is 18.2 Å². The van der Waals surface area contributed by atoms with Crippen LogP contribution in [0.1, 0.15) is 15.9 Å². The van der Waals surface area contributed by atoms with E-state index in [0.29, 0.717) is 0 Å². The Balaban J connectivity index is 2.44. The van der Waals surface area contributed by atoms with Crippen LogP contribution in [0.5, 0.6) is 0 Å². The zero-order chi connectivity index (χ0) is 13.3. The van der Waals surface area contributed by atoms with Gasteiger partial charge in [-0.1, -0.05) is 23.2 Å². The van der Waals surface area contributed by atoms with Crippen molar-refractivity contribution in [3.8, 4) is 0 Å². The summed E-state index contributed by atoms with van der Waals surface area (Å²) >= 11 is 11.2. The molecule has 0 heterocycles. The van der Waals surface area contributed by atoms with E-state index in [2.05, 4.69) is 0 Å². The van der Waals surface area contributed by atoms with E-state index in [9.17, 15) is 13.6 Å². The summed E-state index contributed by atoms with van der Waals surface area (Å²) in [6.07, 6.45) is 0. The number of carbonyl (C=O) groups excluding carboxylic acids is 1. The topological polar surface area (TPSA) is 17.1 Å². The maximum absolute atomic E-state index is 13.6. The van der Waals surface area contributed by atoms with Gasteiger partial charge in [0.15, 0.2) is 5.78 Å². The maximum atomic E-state index is 13.6. The van der Waals surface area contributed by atoms with E-state index in [1.807, 2.05) is 0 Å². The molecule has 2 rings (SSSR count). The van der Waals surface area contributed by atoms with Gasteiger partial charge in [-0.2, -0.15) is 0 Å². The van der Waals surface area contributed by atoms with E-state index >= 15 is 0 Å². The molecule has 18 heavy (non-hydrogen) atoms. The van der Waals surface area contributed by atoms with Crippen molar-refractivity contribution in [1.82, 2.24) is 0 Å². The normalized spacial score (nSPS) is 10.4. The summed E-state index contributed by atoms with van der Waals surface area (Å²) in [5.74, 6) is -1.94. The third-order valence-electron chi connectivity index (χ3n) is 2.36. The molecule has 0 amide bonds. The van der Waals surface area contributed by atoms with Gasteiger partial charge in [0, 0.05) is 10.6 Å². The molecule has 0 spiro atoms. The molecule has 1 nitrogen and oxygen atoms in total. The van der Waals surface area contributed by atoms with Crippen molar-refractivity contribution in [1.29, 1.82) is 0 Å². The van der Waals surface area contributed by atoms with Crippen LogP contribution in [0.3, 0.4) is 0 Å². The molecule has 0 saturated carbocycles. The Morgan fingerprint density at radius 3 is 2.28 bits per heavy atom. The van der Waals surface area contributed by atoms with E-state index in [1.54, 1.807) is 0 Å². The van der Waals surface area contributed by atoms with Crippen molar-refractivity contribution in [2.45, 2.75) is 0 Å². The molecule has 0 radical (unpaired) electrons. The van der Waals surface area contributed by atoms with Crippen LogP contribution in [0.4, 0.5) is 8.78 Å². The lowest BCUT2D eigenvalue weighted by molar-refractivity contribution is 0.103. The van der Waals surface area contributed by atoms with Crippen LogP contribution in [-0.2, 0) is 0 Å². The van der Waals surface area contributed by atoms with Crippen LogP contribution in [0.15, 0.2) is 36.4 Å². The molecule has 0 fully saturated rings. The molecular formula is C13H6Cl2F2O. The highest BCUT2D eigenvalue weighted by Crippen LogP contribution is 2.21. The molecule has 0 aliphatic heterocycles. The van der Waals surface area contributed by atoms with Crippen molar-refractivity contribution in [2.24, 2.45) is 0 Å². The molecule has 0 bridgehead atoms. The van der Waals surface area contributed by atoms with Gasteiger partial charge in [-0.15, -0.1) is 0 Å². The molecule has 0 aliphatic rings. The quantitative estimate of drug-likeness (QED) is 0.743. The van der Waals surface area contributed by atoms with Crippen molar-refractivity contribution in [3.05, 3.63) is 69.2 Å². The summed E-state index contributed by atoms with van der Waals surface area (Å²) in [5, 5.41) is 0.0106. The lowest BCUT2D eigenvalue weighted by atomic mass is 10.0. The van der Waals surface area contributed by atoms with Gasteiger partial charge in [0.2, 0.25) is 0 Å². The molecule has 0 atom stereocenters. The highest BCUT2D eigenvalue weighted by molar-refractivity contribution is 6.31. The van der Waals surface area contributed by atoms with E-state index < -0.39 is 17.4 Å². The van der Waals surface area contributed by atoms with Crippen LogP contribution in [-0.4, -0.2) is 5.78 Å². The SMILES string of the molecule is O=C(c1ccc(F)c(Cl)c1)c1ccc(Cl)cc1F.